The van der Waals surface area contributed by atoms with Crippen molar-refractivity contribution in [2.45, 2.75) is 12.8 Å². The summed E-state index contributed by atoms with van der Waals surface area (Å²) in [6.07, 6.45) is 3.85. The van der Waals surface area contributed by atoms with E-state index in [4.69, 9.17) is 0 Å². The standard InChI is InChI=1S/C24H18N6/c1-2-9-19-16(6-1)11-12-22-20(19)15-23(21-10-3-4-13-25-21)30(22)18-8-5-7-17(14-18)24-26-28-29-27-24/h1-10,13-15H,11-12H2,(H,26,27,28,29). The second kappa shape index (κ2) is 6.77. The zero-order valence-corrected chi connectivity index (χ0v) is 16.2. The molecule has 30 heavy (non-hydrogen) atoms. The van der Waals surface area contributed by atoms with Gasteiger partial charge in [-0.15, -0.1) is 10.2 Å². The molecule has 1 aliphatic rings. The number of nitrogens with one attached hydrogen (secondary N) is 1. The van der Waals surface area contributed by atoms with Crippen LogP contribution in [0.2, 0.25) is 0 Å². The highest BCUT2D eigenvalue weighted by molar-refractivity contribution is 5.79. The average molecular weight is 390 g/mol. The third-order valence-electron chi connectivity index (χ3n) is 5.68. The van der Waals surface area contributed by atoms with E-state index in [1.54, 1.807) is 0 Å². The molecular weight excluding hydrogens is 372 g/mol. The molecule has 0 atom stereocenters. The SMILES string of the molecule is c1ccc(-c2cc3c(n2-c2cccc(-c4nn[nH]n4)c2)CCc2ccccc2-3)nc1. The maximum Gasteiger partial charge on any atom is 0.204 e. The molecule has 6 heteroatoms. The number of hydrogen-bond donors (Lipinski definition) is 1. The van der Waals surface area contributed by atoms with Crippen LogP contribution in [0.25, 0.3) is 39.6 Å². The molecule has 144 valence electrons. The molecule has 3 aromatic heterocycles. The number of aromatic nitrogens is 6. The molecule has 0 spiro atoms. The van der Waals surface area contributed by atoms with Crippen molar-refractivity contribution in [1.29, 1.82) is 0 Å². The number of fused-ring (bicyclic) bond motifs is 3. The van der Waals surface area contributed by atoms with Gasteiger partial charge in [-0.2, -0.15) is 5.21 Å². The van der Waals surface area contributed by atoms with E-state index in [2.05, 4.69) is 78.7 Å². The maximum atomic E-state index is 4.65. The molecule has 6 rings (SSSR count). The lowest BCUT2D eigenvalue weighted by Crippen LogP contribution is -2.09. The zero-order chi connectivity index (χ0) is 19.9. The number of benzene rings is 2. The Bertz CT molecular complexity index is 1340. The lowest BCUT2D eigenvalue weighted by molar-refractivity contribution is 0.856. The van der Waals surface area contributed by atoms with Gasteiger partial charge in [0.2, 0.25) is 5.82 Å². The first-order chi connectivity index (χ1) is 14.9. The molecule has 0 bridgehead atoms. The van der Waals surface area contributed by atoms with Gasteiger partial charge < -0.3 is 4.57 Å². The fraction of sp³-hybridized carbons (Fsp3) is 0.0833. The Hall–Kier alpha value is -4.06. The zero-order valence-electron chi connectivity index (χ0n) is 16.2. The summed E-state index contributed by atoms with van der Waals surface area (Å²) in [5.74, 6) is 0.586. The Morgan fingerprint density at radius 3 is 2.63 bits per heavy atom. The summed E-state index contributed by atoms with van der Waals surface area (Å²) < 4.78 is 2.33. The summed E-state index contributed by atoms with van der Waals surface area (Å²) >= 11 is 0. The number of hydrogen-bond acceptors (Lipinski definition) is 4. The van der Waals surface area contributed by atoms with E-state index in [9.17, 15) is 0 Å². The smallest absolute Gasteiger partial charge is 0.204 e. The number of pyridine rings is 1. The highest BCUT2D eigenvalue weighted by Gasteiger charge is 2.24. The van der Waals surface area contributed by atoms with Crippen LogP contribution < -0.4 is 0 Å². The minimum atomic E-state index is 0.586. The monoisotopic (exact) mass is 390 g/mol. The van der Waals surface area contributed by atoms with Crippen molar-refractivity contribution in [2.75, 3.05) is 0 Å². The predicted octanol–water partition coefficient (Wildman–Crippen LogP) is 4.49. The van der Waals surface area contributed by atoms with E-state index in [0.29, 0.717) is 5.82 Å². The molecule has 6 nitrogen and oxygen atoms in total. The molecule has 0 unspecified atom stereocenters. The van der Waals surface area contributed by atoms with Gasteiger partial charge in [-0.1, -0.05) is 42.5 Å². The van der Waals surface area contributed by atoms with Crippen LogP contribution >= 0.6 is 0 Å². The van der Waals surface area contributed by atoms with E-state index >= 15 is 0 Å². The quantitative estimate of drug-likeness (QED) is 0.493. The summed E-state index contributed by atoms with van der Waals surface area (Å²) in [5, 5.41) is 14.5. The van der Waals surface area contributed by atoms with E-state index < -0.39 is 0 Å². The van der Waals surface area contributed by atoms with Crippen molar-refractivity contribution in [1.82, 2.24) is 30.2 Å². The molecule has 0 saturated carbocycles. The van der Waals surface area contributed by atoms with Gasteiger partial charge in [0.25, 0.3) is 0 Å². The van der Waals surface area contributed by atoms with Crippen LogP contribution in [0.1, 0.15) is 11.3 Å². The van der Waals surface area contributed by atoms with E-state index in [0.717, 1.165) is 35.5 Å². The van der Waals surface area contributed by atoms with Gasteiger partial charge in [0.05, 0.1) is 11.4 Å². The van der Waals surface area contributed by atoms with Crippen molar-refractivity contribution >= 4 is 0 Å². The van der Waals surface area contributed by atoms with Gasteiger partial charge in [0, 0.05) is 28.7 Å². The number of aryl methyl sites for hydroxylation is 1. The predicted molar refractivity (Wildman–Crippen MR) is 115 cm³/mol. The molecule has 1 N–H and O–H groups in total. The number of aromatic amines is 1. The summed E-state index contributed by atoms with van der Waals surface area (Å²) in [6, 6.07) is 25.3. The number of H-pyrrole nitrogens is 1. The van der Waals surface area contributed by atoms with E-state index in [-0.39, 0.29) is 0 Å². The number of rotatable bonds is 3. The first kappa shape index (κ1) is 16.9. The Labute approximate surface area is 173 Å². The summed E-state index contributed by atoms with van der Waals surface area (Å²) in [5.41, 5.74) is 9.32. The normalized spacial score (nSPS) is 12.4. The Morgan fingerprint density at radius 1 is 0.833 bits per heavy atom. The van der Waals surface area contributed by atoms with Gasteiger partial charge in [-0.3, -0.25) is 4.98 Å². The molecule has 3 heterocycles. The van der Waals surface area contributed by atoms with Crippen LogP contribution in [0, 0.1) is 0 Å². The maximum absolute atomic E-state index is 4.65. The second-order valence-electron chi connectivity index (χ2n) is 7.38. The number of tetrazole rings is 1. The highest BCUT2D eigenvalue weighted by Crippen LogP contribution is 2.40. The Morgan fingerprint density at radius 2 is 1.77 bits per heavy atom. The molecule has 0 saturated heterocycles. The van der Waals surface area contributed by atoms with Gasteiger partial charge >= 0.3 is 0 Å². The van der Waals surface area contributed by atoms with E-state index in [1.807, 2.05) is 30.5 Å². The van der Waals surface area contributed by atoms with Crippen LogP contribution in [-0.4, -0.2) is 30.2 Å². The minimum absolute atomic E-state index is 0.586. The molecule has 2 aromatic carbocycles. The summed E-state index contributed by atoms with van der Waals surface area (Å²) in [4.78, 5) is 4.65. The average Bonchev–Trinajstić information content (AvgIpc) is 3.48. The topological polar surface area (TPSA) is 72.3 Å². The van der Waals surface area contributed by atoms with Crippen LogP contribution in [0.5, 0.6) is 0 Å². The number of nitrogens with zero attached hydrogens (tertiary/aromatic N) is 5. The van der Waals surface area contributed by atoms with E-state index in [1.165, 1.54) is 22.4 Å². The third-order valence-corrected chi connectivity index (χ3v) is 5.68. The second-order valence-corrected chi connectivity index (χ2v) is 7.38. The van der Waals surface area contributed by atoms with Crippen LogP contribution in [0.15, 0.2) is 79.0 Å². The van der Waals surface area contributed by atoms with Crippen LogP contribution in [-0.2, 0) is 12.8 Å². The van der Waals surface area contributed by atoms with Gasteiger partial charge in [0.1, 0.15) is 0 Å². The van der Waals surface area contributed by atoms with Crippen LogP contribution in [0.4, 0.5) is 0 Å². The summed E-state index contributed by atoms with van der Waals surface area (Å²) in [7, 11) is 0. The van der Waals surface area contributed by atoms with Crippen molar-refractivity contribution in [3.8, 4) is 39.6 Å². The van der Waals surface area contributed by atoms with Gasteiger partial charge in [-0.25, -0.2) is 0 Å². The fourth-order valence-corrected chi connectivity index (χ4v) is 4.35. The third kappa shape index (κ3) is 2.65. The molecule has 1 aliphatic carbocycles. The summed E-state index contributed by atoms with van der Waals surface area (Å²) in [6.45, 7) is 0. The first-order valence-corrected chi connectivity index (χ1v) is 9.97. The van der Waals surface area contributed by atoms with Crippen LogP contribution in [0.3, 0.4) is 0 Å². The molecule has 5 aromatic rings. The first-order valence-electron chi connectivity index (χ1n) is 9.97. The van der Waals surface area contributed by atoms with Crippen molar-refractivity contribution in [2.24, 2.45) is 0 Å². The van der Waals surface area contributed by atoms with Crippen molar-refractivity contribution < 1.29 is 0 Å². The van der Waals surface area contributed by atoms with Gasteiger partial charge in [-0.05, 0) is 59.5 Å². The molecule has 0 fully saturated rings. The largest absolute Gasteiger partial charge is 0.311 e. The highest BCUT2D eigenvalue weighted by atomic mass is 15.5. The molecule has 0 amide bonds. The van der Waals surface area contributed by atoms with Crippen molar-refractivity contribution in [3.63, 3.8) is 0 Å². The Kier molecular flexibility index (Phi) is 3.81. The molecular formula is C24H18N6. The minimum Gasteiger partial charge on any atom is -0.311 e. The molecule has 0 aliphatic heterocycles. The fourth-order valence-electron chi connectivity index (χ4n) is 4.35. The van der Waals surface area contributed by atoms with Crippen molar-refractivity contribution in [3.05, 3.63) is 90.3 Å². The van der Waals surface area contributed by atoms with Gasteiger partial charge in [0.15, 0.2) is 0 Å². The Balaban J connectivity index is 1.61. The lowest BCUT2D eigenvalue weighted by atomic mass is 9.90. The molecule has 0 radical (unpaired) electrons. The lowest BCUT2D eigenvalue weighted by Gasteiger charge is -2.20.